The van der Waals surface area contributed by atoms with E-state index >= 15 is 0 Å². The van der Waals surface area contributed by atoms with Crippen LogP contribution >= 0.6 is 0 Å². The Labute approximate surface area is 98.8 Å². The summed E-state index contributed by atoms with van der Waals surface area (Å²) in [6.45, 7) is 9.68. The Balaban J connectivity index is 3.09. The smallest absolute Gasteiger partial charge is 0.143 e. The fraction of sp³-hybridized carbons (Fsp3) is 0.857. The van der Waals surface area contributed by atoms with Crippen molar-refractivity contribution in [3.8, 4) is 0 Å². The van der Waals surface area contributed by atoms with E-state index in [4.69, 9.17) is 0 Å². The molecule has 1 fully saturated rings. The van der Waals surface area contributed by atoms with Crippen LogP contribution in [0, 0.1) is 16.7 Å². The van der Waals surface area contributed by atoms with Gasteiger partial charge in [-0.05, 0) is 50.9 Å². The molecule has 0 spiro atoms. The van der Waals surface area contributed by atoms with E-state index in [1.54, 1.807) is 13.8 Å². The van der Waals surface area contributed by atoms with E-state index in [0.717, 1.165) is 25.7 Å². The molecule has 1 aliphatic rings. The summed E-state index contributed by atoms with van der Waals surface area (Å²) in [6, 6.07) is 0. The highest BCUT2D eigenvalue weighted by molar-refractivity contribution is 6.05. The molecule has 0 N–H and O–H groups in total. The van der Waals surface area contributed by atoms with Gasteiger partial charge in [-0.3, -0.25) is 9.59 Å². The van der Waals surface area contributed by atoms with Gasteiger partial charge in [-0.2, -0.15) is 0 Å². The maximum absolute atomic E-state index is 11.9. The maximum Gasteiger partial charge on any atom is 0.143 e. The highest BCUT2D eigenvalue weighted by Crippen LogP contribution is 2.46. The third-order valence-electron chi connectivity index (χ3n) is 4.55. The Morgan fingerprint density at radius 3 is 1.94 bits per heavy atom. The van der Waals surface area contributed by atoms with E-state index in [1.165, 1.54) is 0 Å². The van der Waals surface area contributed by atoms with E-state index in [2.05, 4.69) is 20.8 Å². The molecule has 16 heavy (non-hydrogen) atoms. The fourth-order valence-electron chi connectivity index (χ4n) is 3.05. The molecule has 1 saturated carbocycles. The normalized spacial score (nSPS) is 28.2. The van der Waals surface area contributed by atoms with Crippen LogP contribution in [0.4, 0.5) is 0 Å². The molecule has 0 heterocycles. The Kier molecular flexibility index (Phi) is 3.61. The van der Waals surface area contributed by atoms with Crippen LogP contribution in [0.2, 0.25) is 0 Å². The van der Waals surface area contributed by atoms with Gasteiger partial charge in [0.25, 0.3) is 0 Å². The van der Waals surface area contributed by atoms with Gasteiger partial charge in [-0.15, -0.1) is 0 Å². The number of ketones is 2. The number of carbonyl (C=O) groups is 2. The number of Topliss-reactive ketones (excluding diaryl/α,β-unsaturated/α-hetero) is 2. The lowest BCUT2D eigenvalue weighted by atomic mass is 9.67. The fourth-order valence-corrected chi connectivity index (χ4v) is 3.05. The first kappa shape index (κ1) is 13.4. The zero-order valence-electron chi connectivity index (χ0n) is 11.2. The Morgan fingerprint density at radius 1 is 1.00 bits per heavy atom. The maximum atomic E-state index is 11.9. The largest absolute Gasteiger partial charge is 0.299 e. The van der Waals surface area contributed by atoms with E-state index in [0.29, 0.717) is 0 Å². The molecular weight excluding hydrogens is 200 g/mol. The molecule has 2 nitrogen and oxygen atoms in total. The van der Waals surface area contributed by atoms with Gasteiger partial charge in [0.1, 0.15) is 11.6 Å². The van der Waals surface area contributed by atoms with Crippen LogP contribution in [0.25, 0.3) is 0 Å². The van der Waals surface area contributed by atoms with Gasteiger partial charge >= 0.3 is 0 Å². The summed E-state index contributed by atoms with van der Waals surface area (Å²) in [5.41, 5.74) is -0.436. The number of rotatable bonds is 2. The van der Waals surface area contributed by atoms with Crippen molar-refractivity contribution in [3.05, 3.63) is 0 Å². The third kappa shape index (κ3) is 2.21. The van der Waals surface area contributed by atoms with E-state index in [1.807, 2.05) is 0 Å². The minimum absolute atomic E-state index is 0.0604. The SMILES string of the molecule is CC(=O)C1(C(C)=O)CCC(C)(C)CCC1C. The molecular formula is C14H24O2. The minimum Gasteiger partial charge on any atom is -0.299 e. The molecule has 0 aromatic rings. The summed E-state index contributed by atoms with van der Waals surface area (Å²) < 4.78 is 0. The van der Waals surface area contributed by atoms with Gasteiger partial charge in [0, 0.05) is 0 Å². The quantitative estimate of drug-likeness (QED) is 0.532. The molecule has 0 radical (unpaired) electrons. The van der Waals surface area contributed by atoms with Crippen molar-refractivity contribution < 1.29 is 9.59 Å². The van der Waals surface area contributed by atoms with Crippen LogP contribution in [-0.4, -0.2) is 11.6 Å². The first-order valence-corrected chi connectivity index (χ1v) is 6.24. The number of hydrogen-bond donors (Lipinski definition) is 0. The van der Waals surface area contributed by atoms with Gasteiger partial charge in [-0.25, -0.2) is 0 Å². The second kappa shape index (κ2) is 4.31. The monoisotopic (exact) mass is 224 g/mol. The summed E-state index contributed by atoms with van der Waals surface area (Å²) in [4.78, 5) is 23.8. The zero-order valence-corrected chi connectivity index (χ0v) is 11.2. The molecule has 0 bridgehead atoms. The second-order valence-electron chi connectivity index (χ2n) is 6.19. The van der Waals surface area contributed by atoms with Crippen molar-refractivity contribution in [2.75, 3.05) is 0 Å². The molecule has 0 aromatic carbocycles. The third-order valence-corrected chi connectivity index (χ3v) is 4.55. The van der Waals surface area contributed by atoms with Gasteiger partial charge < -0.3 is 0 Å². The van der Waals surface area contributed by atoms with Crippen molar-refractivity contribution >= 4 is 11.6 Å². The van der Waals surface area contributed by atoms with Crippen LogP contribution in [0.3, 0.4) is 0 Å². The summed E-state index contributed by atoms with van der Waals surface area (Å²) in [6.07, 6.45) is 3.78. The molecule has 0 saturated heterocycles. The van der Waals surface area contributed by atoms with Crippen LogP contribution < -0.4 is 0 Å². The molecule has 0 amide bonds. The molecule has 1 rings (SSSR count). The van der Waals surface area contributed by atoms with Gasteiger partial charge in [0.2, 0.25) is 0 Å². The molecule has 1 aliphatic carbocycles. The van der Waals surface area contributed by atoms with Gasteiger partial charge in [-0.1, -0.05) is 20.8 Å². The van der Waals surface area contributed by atoms with Gasteiger partial charge in [0.15, 0.2) is 0 Å². The predicted molar refractivity (Wildman–Crippen MR) is 65.2 cm³/mol. The first-order chi connectivity index (χ1) is 7.22. The lowest BCUT2D eigenvalue weighted by Crippen LogP contribution is -2.41. The number of carbonyl (C=O) groups excluding carboxylic acids is 2. The summed E-state index contributed by atoms with van der Waals surface area (Å²) >= 11 is 0. The average molecular weight is 224 g/mol. The molecule has 0 aliphatic heterocycles. The van der Waals surface area contributed by atoms with Crippen LogP contribution in [0.1, 0.15) is 60.3 Å². The number of hydrogen-bond acceptors (Lipinski definition) is 2. The van der Waals surface area contributed by atoms with E-state index in [9.17, 15) is 9.59 Å². The average Bonchev–Trinajstić information content (AvgIpc) is 2.25. The van der Waals surface area contributed by atoms with Crippen molar-refractivity contribution in [2.24, 2.45) is 16.7 Å². The van der Waals surface area contributed by atoms with E-state index in [-0.39, 0.29) is 22.9 Å². The molecule has 2 heteroatoms. The highest BCUT2D eigenvalue weighted by atomic mass is 16.2. The van der Waals surface area contributed by atoms with Gasteiger partial charge in [0.05, 0.1) is 5.41 Å². The zero-order chi connectivity index (χ0) is 12.6. The Hall–Kier alpha value is -0.660. The van der Waals surface area contributed by atoms with E-state index < -0.39 is 5.41 Å². The van der Waals surface area contributed by atoms with Crippen molar-refractivity contribution in [3.63, 3.8) is 0 Å². The van der Waals surface area contributed by atoms with Crippen LogP contribution in [0.15, 0.2) is 0 Å². The standard InChI is InChI=1S/C14H24O2/c1-10-6-7-13(4,5)8-9-14(10,11(2)15)12(3)16/h10H,6-9H2,1-5H3. The lowest BCUT2D eigenvalue weighted by molar-refractivity contribution is -0.142. The van der Waals surface area contributed by atoms with Crippen molar-refractivity contribution in [1.82, 2.24) is 0 Å². The summed E-state index contributed by atoms with van der Waals surface area (Å²) in [5, 5.41) is 0. The molecule has 0 aromatic heterocycles. The topological polar surface area (TPSA) is 34.1 Å². The minimum atomic E-state index is -0.701. The summed E-state index contributed by atoms with van der Waals surface area (Å²) in [7, 11) is 0. The lowest BCUT2D eigenvalue weighted by Gasteiger charge is -2.33. The van der Waals surface area contributed by atoms with Crippen molar-refractivity contribution in [1.29, 1.82) is 0 Å². The molecule has 1 atom stereocenters. The first-order valence-electron chi connectivity index (χ1n) is 6.24. The van der Waals surface area contributed by atoms with Crippen LogP contribution in [-0.2, 0) is 9.59 Å². The van der Waals surface area contributed by atoms with Crippen molar-refractivity contribution in [2.45, 2.75) is 60.3 Å². The second-order valence-corrected chi connectivity index (χ2v) is 6.19. The predicted octanol–water partition coefficient (Wildman–Crippen LogP) is 3.39. The Morgan fingerprint density at radius 2 is 1.50 bits per heavy atom. The highest BCUT2D eigenvalue weighted by Gasteiger charge is 2.47. The molecule has 92 valence electrons. The Bertz CT molecular complexity index is 288. The summed E-state index contributed by atoms with van der Waals surface area (Å²) in [5.74, 6) is 0.305. The van der Waals surface area contributed by atoms with Crippen LogP contribution in [0.5, 0.6) is 0 Å². The molecule has 1 unspecified atom stereocenters.